The molecule has 3 heterocycles. The Hall–Kier alpha value is -1.85. The van der Waals surface area contributed by atoms with Gasteiger partial charge in [-0.05, 0) is 35.0 Å². The monoisotopic (exact) mass is 316 g/mol. The Balaban J connectivity index is 1.66. The Morgan fingerprint density at radius 2 is 1.86 bits per heavy atom. The van der Waals surface area contributed by atoms with Gasteiger partial charge in [-0.15, -0.1) is 22.7 Å². The van der Waals surface area contributed by atoms with Crippen molar-refractivity contribution in [1.29, 1.82) is 0 Å². The van der Waals surface area contributed by atoms with Crippen LogP contribution in [0.4, 0.5) is 0 Å². The first kappa shape index (κ1) is 14.1. The molecule has 21 heavy (non-hydrogen) atoms. The predicted octanol–water partition coefficient (Wildman–Crippen LogP) is 3.91. The number of hydrogen-bond acceptors (Lipinski definition) is 3. The maximum absolute atomic E-state index is 12.2. The first-order valence-electron chi connectivity index (χ1n) is 6.78. The molecule has 0 fully saturated rings. The standard InChI is InChI=1S/C16H16N2OS2/c19-16(17-12-13-5-3-9-20-13)11-14(15-6-4-10-21-15)18-7-1-2-8-18/h1-10,14H,11-12H2,(H,17,19)/t14-/m0/s1. The van der Waals surface area contributed by atoms with Crippen LogP contribution in [0, 0.1) is 0 Å². The lowest BCUT2D eigenvalue weighted by Crippen LogP contribution is -2.25. The summed E-state index contributed by atoms with van der Waals surface area (Å²) < 4.78 is 2.09. The fourth-order valence-corrected chi connectivity index (χ4v) is 3.71. The van der Waals surface area contributed by atoms with Gasteiger partial charge in [0.15, 0.2) is 0 Å². The molecule has 3 aromatic heterocycles. The summed E-state index contributed by atoms with van der Waals surface area (Å²) in [6.07, 6.45) is 4.48. The smallest absolute Gasteiger partial charge is 0.222 e. The van der Waals surface area contributed by atoms with E-state index in [0.29, 0.717) is 13.0 Å². The molecular formula is C16H16N2OS2. The van der Waals surface area contributed by atoms with Crippen molar-refractivity contribution in [3.63, 3.8) is 0 Å². The van der Waals surface area contributed by atoms with E-state index in [4.69, 9.17) is 0 Å². The summed E-state index contributed by atoms with van der Waals surface area (Å²) in [7, 11) is 0. The van der Waals surface area contributed by atoms with Gasteiger partial charge in [-0.2, -0.15) is 0 Å². The summed E-state index contributed by atoms with van der Waals surface area (Å²) in [5, 5.41) is 7.08. The molecule has 0 saturated heterocycles. The largest absolute Gasteiger partial charge is 0.351 e. The van der Waals surface area contributed by atoms with E-state index >= 15 is 0 Å². The molecule has 0 aromatic carbocycles. The topological polar surface area (TPSA) is 34.0 Å². The predicted molar refractivity (Wildman–Crippen MR) is 87.7 cm³/mol. The van der Waals surface area contributed by atoms with Crippen molar-refractivity contribution in [3.8, 4) is 0 Å². The van der Waals surface area contributed by atoms with Crippen LogP contribution in [0.3, 0.4) is 0 Å². The minimum atomic E-state index is 0.0725. The summed E-state index contributed by atoms with van der Waals surface area (Å²) >= 11 is 3.35. The molecule has 3 aromatic rings. The molecule has 0 aliphatic heterocycles. The Morgan fingerprint density at radius 3 is 2.52 bits per heavy atom. The molecule has 5 heteroatoms. The molecule has 0 aliphatic rings. The van der Waals surface area contributed by atoms with Gasteiger partial charge in [0.1, 0.15) is 0 Å². The van der Waals surface area contributed by atoms with Crippen LogP contribution in [0.5, 0.6) is 0 Å². The molecule has 0 aliphatic carbocycles. The van der Waals surface area contributed by atoms with E-state index < -0.39 is 0 Å². The summed E-state index contributed by atoms with van der Waals surface area (Å²) in [4.78, 5) is 14.6. The van der Waals surface area contributed by atoms with Gasteiger partial charge in [0.2, 0.25) is 5.91 Å². The minimum Gasteiger partial charge on any atom is -0.351 e. The number of nitrogens with zero attached hydrogens (tertiary/aromatic N) is 1. The van der Waals surface area contributed by atoms with Crippen molar-refractivity contribution in [2.45, 2.75) is 19.0 Å². The third-order valence-corrected chi connectivity index (χ3v) is 5.13. The van der Waals surface area contributed by atoms with Crippen LogP contribution in [0.2, 0.25) is 0 Å². The van der Waals surface area contributed by atoms with E-state index in [1.165, 1.54) is 9.75 Å². The zero-order chi connectivity index (χ0) is 14.5. The van der Waals surface area contributed by atoms with E-state index in [1.54, 1.807) is 22.7 Å². The Morgan fingerprint density at radius 1 is 1.10 bits per heavy atom. The number of nitrogens with one attached hydrogen (secondary N) is 1. The fourth-order valence-electron chi connectivity index (χ4n) is 2.24. The second-order valence-corrected chi connectivity index (χ2v) is 6.73. The molecule has 0 radical (unpaired) electrons. The van der Waals surface area contributed by atoms with E-state index in [1.807, 2.05) is 48.1 Å². The Bertz CT molecular complexity index is 623. The minimum absolute atomic E-state index is 0.0725. The van der Waals surface area contributed by atoms with Gasteiger partial charge >= 0.3 is 0 Å². The third-order valence-electron chi connectivity index (χ3n) is 3.28. The highest BCUT2D eigenvalue weighted by Crippen LogP contribution is 2.26. The van der Waals surface area contributed by atoms with Gasteiger partial charge in [0.25, 0.3) is 0 Å². The van der Waals surface area contributed by atoms with Gasteiger partial charge in [-0.25, -0.2) is 0 Å². The van der Waals surface area contributed by atoms with Crippen LogP contribution in [0.1, 0.15) is 22.2 Å². The van der Waals surface area contributed by atoms with Gasteiger partial charge in [-0.3, -0.25) is 4.79 Å². The number of amides is 1. The highest BCUT2D eigenvalue weighted by molar-refractivity contribution is 7.10. The van der Waals surface area contributed by atoms with Crippen molar-refractivity contribution in [2.75, 3.05) is 0 Å². The lowest BCUT2D eigenvalue weighted by molar-refractivity contribution is -0.121. The second kappa shape index (κ2) is 6.74. The molecule has 0 saturated carbocycles. The van der Waals surface area contributed by atoms with Crippen LogP contribution >= 0.6 is 22.7 Å². The third kappa shape index (κ3) is 3.62. The van der Waals surface area contributed by atoms with Crippen LogP contribution in [-0.2, 0) is 11.3 Å². The number of carbonyl (C=O) groups excluding carboxylic acids is 1. The zero-order valence-corrected chi connectivity index (χ0v) is 13.1. The lowest BCUT2D eigenvalue weighted by atomic mass is 10.1. The summed E-state index contributed by atoms with van der Waals surface area (Å²) in [6.45, 7) is 0.610. The van der Waals surface area contributed by atoms with Crippen molar-refractivity contribution < 1.29 is 4.79 Å². The first-order valence-corrected chi connectivity index (χ1v) is 8.54. The number of rotatable bonds is 6. The summed E-state index contributed by atoms with van der Waals surface area (Å²) in [5.41, 5.74) is 0. The molecule has 1 N–H and O–H groups in total. The lowest BCUT2D eigenvalue weighted by Gasteiger charge is -2.17. The number of aromatic nitrogens is 1. The molecule has 0 bridgehead atoms. The van der Waals surface area contributed by atoms with E-state index in [9.17, 15) is 4.79 Å². The van der Waals surface area contributed by atoms with Crippen LogP contribution in [-0.4, -0.2) is 10.5 Å². The number of hydrogen-bond donors (Lipinski definition) is 1. The van der Waals surface area contributed by atoms with E-state index in [0.717, 1.165) is 0 Å². The van der Waals surface area contributed by atoms with Crippen LogP contribution in [0.25, 0.3) is 0 Å². The zero-order valence-electron chi connectivity index (χ0n) is 11.4. The van der Waals surface area contributed by atoms with Gasteiger partial charge < -0.3 is 9.88 Å². The fraction of sp³-hybridized carbons (Fsp3) is 0.188. The Kier molecular flexibility index (Phi) is 4.52. The van der Waals surface area contributed by atoms with Gasteiger partial charge in [-0.1, -0.05) is 12.1 Å². The molecular weight excluding hydrogens is 300 g/mol. The number of carbonyl (C=O) groups is 1. The Labute approximate surface area is 131 Å². The van der Waals surface area contributed by atoms with Crippen molar-refractivity contribution in [1.82, 2.24) is 9.88 Å². The van der Waals surface area contributed by atoms with E-state index in [-0.39, 0.29) is 11.9 Å². The maximum atomic E-state index is 12.2. The quantitative estimate of drug-likeness (QED) is 0.735. The second-order valence-electron chi connectivity index (χ2n) is 4.72. The SMILES string of the molecule is O=C(C[C@@H](c1cccs1)n1cccc1)NCc1cccs1. The molecule has 0 spiro atoms. The van der Waals surface area contributed by atoms with Crippen LogP contribution in [0.15, 0.2) is 59.6 Å². The number of thiophene rings is 2. The summed E-state index contributed by atoms with van der Waals surface area (Å²) in [5.74, 6) is 0.0792. The van der Waals surface area contributed by atoms with E-state index in [2.05, 4.69) is 21.3 Å². The van der Waals surface area contributed by atoms with Crippen molar-refractivity contribution in [2.24, 2.45) is 0 Å². The molecule has 1 amide bonds. The molecule has 3 nitrogen and oxygen atoms in total. The average Bonchev–Trinajstić information content (AvgIpc) is 3.26. The maximum Gasteiger partial charge on any atom is 0.222 e. The molecule has 3 rings (SSSR count). The molecule has 1 atom stereocenters. The van der Waals surface area contributed by atoms with Crippen molar-refractivity contribution in [3.05, 3.63) is 69.3 Å². The first-order chi connectivity index (χ1) is 10.3. The average molecular weight is 316 g/mol. The van der Waals surface area contributed by atoms with Crippen LogP contribution < -0.4 is 5.32 Å². The normalized spacial score (nSPS) is 12.2. The highest BCUT2D eigenvalue weighted by Gasteiger charge is 2.18. The summed E-state index contributed by atoms with van der Waals surface area (Å²) in [6, 6.07) is 12.2. The molecule has 0 unspecified atom stereocenters. The van der Waals surface area contributed by atoms with Gasteiger partial charge in [0, 0.05) is 22.1 Å². The van der Waals surface area contributed by atoms with Crippen molar-refractivity contribution >= 4 is 28.6 Å². The molecule has 108 valence electrons. The van der Waals surface area contributed by atoms with Gasteiger partial charge in [0.05, 0.1) is 19.0 Å². The highest BCUT2D eigenvalue weighted by atomic mass is 32.1.